The highest BCUT2D eigenvalue weighted by atomic mass is 16.6. The third-order valence-electron chi connectivity index (χ3n) is 2.25. The molecule has 1 atom stereocenters. The lowest BCUT2D eigenvalue weighted by Gasteiger charge is -2.16. The lowest BCUT2D eigenvalue weighted by Crippen LogP contribution is -2.43. The maximum Gasteiger partial charge on any atom is 0.413 e. The van der Waals surface area contributed by atoms with E-state index < -0.39 is 18.1 Å². The zero-order valence-corrected chi connectivity index (χ0v) is 10.4. The predicted octanol–water partition coefficient (Wildman–Crippen LogP) is 2.27. The van der Waals surface area contributed by atoms with E-state index in [0.717, 1.165) is 0 Å². The molecule has 2 N–H and O–H groups in total. The highest BCUT2D eigenvalue weighted by Crippen LogP contribution is 2.09. The molecule has 1 amide bonds. The second-order valence-electron chi connectivity index (χ2n) is 4.37. The number of carbonyl (C=O) groups is 2. The molecule has 0 aliphatic rings. The van der Waals surface area contributed by atoms with Crippen LogP contribution in [0.15, 0.2) is 30.3 Å². The first-order valence-electron chi connectivity index (χ1n) is 5.75. The lowest BCUT2D eigenvalue weighted by atomic mass is 10.0. The van der Waals surface area contributed by atoms with Crippen LogP contribution in [-0.4, -0.2) is 23.2 Å². The Bertz CT molecular complexity index is 403. The molecule has 0 saturated heterocycles. The smallest absolute Gasteiger partial charge is 0.413 e. The first-order chi connectivity index (χ1) is 8.49. The molecule has 1 aromatic rings. The Morgan fingerprint density at radius 2 is 1.89 bits per heavy atom. The summed E-state index contributed by atoms with van der Waals surface area (Å²) in [5.41, 5.74) is 0. The molecule has 0 bridgehead atoms. The maximum atomic E-state index is 11.5. The summed E-state index contributed by atoms with van der Waals surface area (Å²) in [6, 6.07) is 7.57. The quantitative estimate of drug-likeness (QED) is 0.841. The number of benzene rings is 1. The Balaban J connectivity index is 2.54. The number of nitrogens with one attached hydrogen (secondary N) is 1. The van der Waals surface area contributed by atoms with E-state index in [2.05, 4.69) is 5.32 Å². The fraction of sp³-hybridized carbons (Fsp3) is 0.385. The van der Waals surface area contributed by atoms with Crippen LogP contribution in [0.1, 0.15) is 20.3 Å². The highest BCUT2D eigenvalue weighted by molar-refractivity contribution is 5.80. The monoisotopic (exact) mass is 251 g/mol. The van der Waals surface area contributed by atoms with Gasteiger partial charge in [-0.25, -0.2) is 9.59 Å². The average molecular weight is 251 g/mol. The van der Waals surface area contributed by atoms with Gasteiger partial charge in [0.25, 0.3) is 0 Å². The summed E-state index contributed by atoms with van der Waals surface area (Å²) in [6.07, 6.45) is -0.395. The zero-order chi connectivity index (χ0) is 13.5. The molecule has 98 valence electrons. The molecule has 1 rings (SSSR count). The Kier molecular flexibility index (Phi) is 5.17. The third kappa shape index (κ3) is 4.86. The van der Waals surface area contributed by atoms with Crippen LogP contribution in [0.5, 0.6) is 5.75 Å². The van der Waals surface area contributed by atoms with E-state index in [1.54, 1.807) is 30.3 Å². The minimum absolute atomic E-state index is 0.170. The van der Waals surface area contributed by atoms with Crippen LogP contribution in [0.25, 0.3) is 0 Å². The van der Waals surface area contributed by atoms with Crippen LogP contribution >= 0.6 is 0 Å². The van der Waals surface area contributed by atoms with Crippen molar-refractivity contribution in [2.24, 2.45) is 5.92 Å². The molecule has 0 unspecified atom stereocenters. The number of ether oxygens (including phenoxy) is 1. The maximum absolute atomic E-state index is 11.5. The number of aliphatic carboxylic acids is 1. The van der Waals surface area contributed by atoms with Crippen molar-refractivity contribution in [1.82, 2.24) is 5.32 Å². The van der Waals surface area contributed by atoms with Crippen molar-refractivity contribution < 1.29 is 19.4 Å². The van der Waals surface area contributed by atoms with Crippen molar-refractivity contribution in [1.29, 1.82) is 0 Å². The van der Waals surface area contributed by atoms with Crippen molar-refractivity contribution in [2.45, 2.75) is 26.3 Å². The van der Waals surface area contributed by atoms with E-state index >= 15 is 0 Å². The topological polar surface area (TPSA) is 75.6 Å². The molecule has 0 heterocycles. The van der Waals surface area contributed by atoms with Gasteiger partial charge in [-0.05, 0) is 24.5 Å². The zero-order valence-electron chi connectivity index (χ0n) is 10.4. The van der Waals surface area contributed by atoms with Crippen LogP contribution in [-0.2, 0) is 4.79 Å². The largest absolute Gasteiger partial charge is 0.480 e. The fourth-order valence-electron chi connectivity index (χ4n) is 1.46. The summed E-state index contributed by atoms with van der Waals surface area (Å²) in [7, 11) is 0. The molecule has 18 heavy (non-hydrogen) atoms. The van der Waals surface area contributed by atoms with E-state index in [1.807, 2.05) is 13.8 Å². The lowest BCUT2D eigenvalue weighted by molar-refractivity contribution is -0.139. The van der Waals surface area contributed by atoms with Crippen LogP contribution in [0.4, 0.5) is 4.79 Å². The first kappa shape index (κ1) is 14.0. The predicted molar refractivity (Wildman–Crippen MR) is 66.5 cm³/mol. The Morgan fingerprint density at radius 1 is 1.28 bits per heavy atom. The van der Waals surface area contributed by atoms with Crippen molar-refractivity contribution in [3.05, 3.63) is 30.3 Å². The van der Waals surface area contributed by atoms with Gasteiger partial charge in [-0.1, -0.05) is 32.0 Å². The summed E-state index contributed by atoms with van der Waals surface area (Å²) in [5, 5.41) is 11.3. The fourth-order valence-corrected chi connectivity index (χ4v) is 1.46. The van der Waals surface area contributed by atoms with E-state index in [4.69, 9.17) is 9.84 Å². The van der Waals surface area contributed by atoms with Crippen LogP contribution in [0, 0.1) is 5.92 Å². The molecule has 5 heteroatoms. The third-order valence-corrected chi connectivity index (χ3v) is 2.25. The number of carbonyl (C=O) groups excluding carboxylic acids is 1. The second-order valence-corrected chi connectivity index (χ2v) is 4.37. The summed E-state index contributed by atoms with van der Waals surface area (Å²) < 4.78 is 4.96. The Hall–Kier alpha value is -2.04. The Morgan fingerprint density at radius 3 is 2.39 bits per heavy atom. The van der Waals surface area contributed by atoms with Crippen molar-refractivity contribution in [2.75, 3.05) is 0 Å². The minimum Gasteiger partial charge on any atom is -0.480 e. The van der Waals surface area contributed by atoms with Gasteiger partial charge in [0.05, 0.1) is 0 Å². The van der Waals surface area contributed by atoms with E-state index in [1.165, 1.54) is 0 Å². The molecule has 0 spiro atoms. The summed E-state index contributed by atoms with van der Waals surface area (Å²) in [5.74, 6) is -0.513. The molecule has 1 aromatic carbocycles. The van der Waals surface area contributed by atoms with Crippen LogP contribution < -0.4 is 10.1 Å². The van der Waals surface area contributed by atoms with Gasteiger partial charge in [0.1, 0.15) is 11.8 Å². The van der Waals surface area contributed by atoms with E-state index in [-0.39, 0.29) is 5.92 Å². The van der Waals surface area contributed by atoms with Crippen molar-refractivity contribution >= 4 is 12.1 Å². The number of hydrogen-bond donors (Lipinski definition) is 2. The van der Waals surface area contributed by atoms with Gasteiger partial charge in [-0.15, -0.1) is 0 Å². The van der Waals surface area contributed by atoms with Gasteiger partial charge in [0.2, 0.25) is 0 Å². The Labute approximate surface area is 106 Å². The molecule has 0 aliphatic heterocycles. The SMILES string of the molecule is CC(C)C[C@@H](NC(=O)Oc1ccccc1)C(=O)O. The number of amides is 1. The summed E-state index contributed by atoms with van der Waals surface area (Å²) in [4.78, 5) is 22.5. The number of carboxylic acids is 1. The molecular weight excluding hydrogens is 234 g/mol. The minimum atomic E-state index is -1.06. The van der Waals surface area contributed by atoms with Gasteiger partial charge in [0.15, 0.2) is 0 Å². The van der Waals surface area contributed by atoms with E-state index in [0.29, 0.717) is 12.2 Å². The van der Waals surface area contributed by atoms with Gasteiger partial charge >= 0.3 is 12.1 Å². The van der Waals surface area contributed by atoms with Gasteiger partial charge in [0, 0.05) is 0 Å². The number of para-hydroxylation sites is 1. The molecule has 0 aromatic heterocycles. The molecule has 5 nitrogen and oxygen atoms in total. The normalized spacial score (nSPS) is 11.9. The molecule has 0 fully saturated rings. The van der Waals surface area contributed by atoms with Crippen LogP contribution in [0.2, 0.25) is 0 Å². The summed E-state index contributed by atoms with van der Waals surface area (Å²) >= 11 is 0. The average Bonchev–Trinajstić information content (AvgIpc) is 2.28. The summed E-state index contributed by atoms with van der Waals surface area (Å²) in [6.45, 7) is 3.78. The number of hydrogen-bond acceptors (Lipinski definition) is 3. The first-order valence-corrected chi connectivity index (χ1v) is 5.75. The van der Waals surface area contributed by atoms with Crippen molar-refractivity contribution in [3.63, 3.8) is 0 Å². The molecular formula is C13H17NO4. The molecule has 0 saturated carbocycles. The van der Waals surface area contributed by atoms with Crippen LogP contribution in [0.3, 0.4) is 0 Å². The number of rotatable bonds is 5. The van der Waals surface area contributed by atoms with Crippen molar-refractivity contribution in [3.8, 4) is 5.75 Å². The molecule has 0 aliphatic carbocycles. The highest BCUT2D eigenvalue weighted by Gasteiger charge is 2.21. The second kappa shape index (κ2) is 6.64. The van der Waals surface area contributed by atoms with Gasteiger partial charge < -0.3 is 15.2 Å². The van der Waals surface area contributed by atoms with Gasteiger partial charge in [-0.2, -0.15) is 0 Å². The number of carboxylic acid groups (broad SMARTS) is 1. The van der Waals surface area contributed by atoms with E-state index in [9.17, 15) is 9.59 Å². The van der Waals surface area contributed by atoms with Gasteiger partial charge in [-0.3, -0.25) is 0 Å². The molecule has 0 radical (unpaired) electrons. The standard InChI is InChI=1S/C13H17NO4/c1-9(2)8-11(12(15)16)14-13(17)18-10-6-4-3-5-7-10/h3-7,9,11H,8H2,1-2H3,(H,14,17)(H,15,16)/t11-/m1/s1.